The minimum atomic E-state index is -0.790. The van der Waals surface area contributed by atoms with E-state index in [0.29, 0.717) is 19.0 Å². The van der Waals surface area contributed by atoms with Gasteiger partial charge in [0, 0.05) is 16.7 Å². The Hall–Kier alpha value is -3.51. The van der Waals surface area contributed by atoms with Gasteiger partial charge < -0.3 is 14.6 Å². The number of benzene rings is 3. The average molecular weight is 486 g/mol. The van der Waals surface area contributed by atoms with Crippen molar-refractivity contribution in [1.82, 2.24) is 4.98 Å². The highest BCUT2D eigenvalue weighted by Crippen LogP contribution is 2.45. The van der Waals surface area contributed by atoms with Crippen LogP contribution in [0.1, 0.15) is 46.5 Å². The fraction of sp³-hybridized carbons (Fsp3) is 0.241. The van der Waals surface area contributed by atoms with Crippen molar-refractivity contribution in [3.05, 3.63) is 101 Å². The van der Waals surface area contributed by atoms with Gasteiger partial charge in [-0.15, -0.1) is 11.8 Å². The number of aryl methyl sites for hydroxylation is 1. The van der Waals surface area contributed by atoms with Gasteiger partial charge in [0.1, 0.15) is 24.7 Å². The minimum Gasteiger partial charge on any atom is -0.489 e. The molecule has 2 heterocycles. The molecule has 0 saturated heterocycles. The lowest BCUT2D eigenvalue weighted by atomic mass is 10.00. The maximum absolute atomic E-state index is 11.1. The lowest BCUT2D eigenvalue weighted by Crippen LogP contribution is -2.04. The van der Waals surface area contributed by atoms with Gasteiger partial charge in [-0.3, -0.25) is 4.79 Å². The molecule has 35 heavy (non-hydrogen) atoms. The summed E-state index contributed by atoms with van der Waals surface area (Å²) in [5, 5.41) is 10.2. The summed E-state index contributed by atoms with van der Waals surface area (Å²) < 4.78 is 12.3. The van der Waals surface area contributed by atoms with Crippen LogP contribution in [-0.4, -0.2) is 21.8 Å². The molecule has 4 aromatic rings. The van der Waals surface area contributed by atoms with E-state index in [9.17, 15) is 4.79 Å². The van der Waals surface area contributed by atoms with Crippen molar-refractivity contribution >= 4 is 28.6 Å². The van der Waals surface area contributed by atoms with Gasteiger partial charge in [0.05, 0.1) is 22.9 Å². The number of thioether (sulfide) groups is 1. The van der Waals surface area contributed by atoms with Gasteiger partial charge >= 0.3 is 5.97 Å². The molecule has 1 aromatic heterocycles. The molecule has 6 heteroatoms. The van der Waals surface area contributed by atoms with E-state index in [2.05, 4.69) is 43.3 Å². The van der Waals surface area contributed by atoms with Gasteiger partial charge in [-0.2, -0.15) is 0 Å². The molecule has 5 rings (SSSR count). The van der Waals surface area contributed by atoms with Crippen molar-refractivity contribution < 1.29 is 19.4 Å². The van der Waals surface area contributed by atoms with E-state index in [1.54, 1.807) is 11.8 Å². The van der Waals surface area contributed by atoms with Crippen LogP contribution in [0.2, 0.25) is 0 Å². The number of hydrogen-bond acceptors (Lipinski definition) is 5. The van der Waals surface area contributed by atoms with Gasteiger partial charge in [-0.25, -0.2) is 4.98 Å². The van der Waals surface area contributed by atoms with Gasteiger partial charge in [0.15, 0.2) is 0 Å². The smallest absolute Gasteiger partial charge is 0.304 e. The van der Waals surface area contributed by atoms with Gasteiger partial charge in [-0.05, 0) is 59.5 Å². The molecule has 0 amide bonds. The second-order valence-electron chi connectivity index (χ2n) is 8.55. The first-order valence-corrected chi connectivity index (χ1v) is 12.8. The molecule has 1 aliphatic heterocycles. The summed E-state index contributed by atoms with van der Waals surface area (Å²) >= 11 is 1.62. The monoisotopic (exact) mass is 485 g/mol. The number of carboxylic acid groups (broad SMARTS) is 1. The lowest BCUT2D eigenvalue weighted by molar-refractivity contribution is -0.136. The van der Waals surface area contributed by atoms with Crippen LogP contribution in [0.15, 0.2) is 72.8 Å². The van der Waals surface area contributed by atoms with Crippen molar-refractivity contribution in [3.63, 3.8) is 0 Å². The standard InChI is InChI=1S/C29H27NO4S/c1-2-19-7-11-26-20(15-19)8-9-22(30-26)18-33-23-10-12-27-25(16-23)29(35-14-13-28(31)32)24-6-4-3-5-21(24)17-34-27/h3-12,15-16,29H,2,13-14,17-18H2,1H3,(H,31,32). The summed E-state index contributed by atoms with van der Waals surface area (Å²) in [6.45, 7) is 2.99. The number of aliphatic carboxylic acids is 1. The Labute approximate surface area is 209 Å². The maximum atomic E-state index is 11.1. The molecule has 3 aromatic carbocycles. The fourth-order valence-corrected chi connectivity index (χ4v) is 5.62. The molecule has 0 fully saturated rings. The zero-order chi connectivity index (χ0) is 24.2. The molecule has 1 aliphatic rings. The third-order valence-electron chi connectivity index (χ3n) is 6.19. The zero-order valence-electron chi connectivity index (χ0n) is 19.6. The molecule has 178 valence electrons. The molecule has 1 N–H and O–H groups in total. The van der Waals surface area contributed by atoms with Crippen LogP contribution in [0.5, 0.6) is 11.5 Å². The first kappa shape index (κ1) is 23.2. The number of fused-ring (bicyclic) bond motifs is 3. The van der Waals surface area contributed by atoms with Crippen molar-refractivity contribution in [2.45, 2.75) is 38.2 Å². The van der Waals surface area contributed by atoms with Crippen LogP contribution < -0.4 is 9.47 Å². The van der Waals surface area contributed by atoms with Crippen LogP contribution in [0, 0.1) is 0 Å². The van der Waals surface area contributed by atoms with E-state index in [-0.39, 0.29) is 11.7 Å². The predicted octanol–water partition coefficient (Wildman–Crippen LogP) is 6.57. The van der Waals surface area contributed by atoms with Crippen molar-refractivity contribution in [2.24, 2.45) is 0 Å². The minimum absolute atomic E-state index is 0.0295. The summed E-state index contributed by atoms with van der Waals surface area (Å²) in [6.07, 6.45) is 1.12. The Morgan fingerprint density at radius 2 is 1.97 bits per heavy atom. The number of ether oxygens (including phenoxy) is 2. The number of rotatable bonds is 8. The van der Waals surface area contributed by atoms with E-state index in [4.69, 9.17) is 19.6 Å². The number of aromatic nitrogens is 1. The highest BCUT2D eigenvalue weighted by molar-refractivity contribution is 7.99. The van der Waals surface area contributed by atoms with Crippen molar-refractivity contribution in [1.29, 1.82) is 0 Å². The van der Waals surface area contributed by atoms with E-state index in [1.807, 2.05) is 36.4 Å². The Balaban J connectivity index is 1.39. The van der Waals surface area contributed by atoms with Crippen LogP contribution >= 0.6 is 11.8 Å². The second-order valence-corrected chi connectivity index (χ2v) is 9.77. The van der Waals surface area contributed by atoms with Crippen molar-refractivity contribution in [2.75, 3.05) is 5.75 Å². The lowest BCUT2D eigenvalue weighted by Gasteiger charge is -2.19. The number of nitrogens with zero attached hydrogens (tertiary/aromatic N) is 1. The zero-order valence-corrected chi connectivity index (χ0v) is 20.4. The van der Waals surface area contributed by atoms with Crippen LogP contribution in [0.4, 0.5) is 0 Å². The average Bonchev–Trinajstić information content (AvgIpc) is 3.03. The predicted molar refractivity (Wildman–Crippen MR) is 139 cm³/mol. The molecule has 5 nitrogen and oxygen atoms in total. The maximum Gasteiger partial charge on any atom is 0.304 e. The van der Waals surface area contributed by atoms with Gasteiger partial charge in [-0.1, -0.05) is 43.3 Å². The summed E-state index contributed by atoms with van der Waals surface area (Å²) in [7, 11) is 0. The Morgan fingerprint density at radius 1 is 1.09 bits per heavy atom. The molecule has 0 spiro atoms. The van der Waals surface area contributed by atoms with Crippen molar-refractivity contribution in [3.8, 4) is 11.5 Å². The first-order chi connectivity index (χ1) is 17.1. The summed E-state index contributed by atoms with van der Waals surface area (Å²) in [6, 6.07) is 24.5. The normalized spacial score (nSPS) is 14.5. The second kappa shape index (κ2) is 10.4. The molecule has 1 atom stereocenters. The van der Waals surface area contributed by atoms with Gasteiger partial charge in [0.25, 0.3) is 0 Å². The molecule has 0 aliphatic carbocycles. The largest absolute Gasteiger partial charge is 0.489 e. The van der Waals surface area contributed by atoms with Gasteiger partial charge in [0.2, 0.25) is 0 Å². The number of carboxylic acids is 1. The third kappa shape index (κ3) is 5.28. The molecule has 0 saturated carbocycles. The summed E-state index contributed by atoms with van der Waals surface area (Å²) in [5.74, 6) is 1.26. The van der Waals surface area contributed by atoms with Crippen LogP contribution in [-0.2, 0) is 24.4 Å². The molecule has 0 bridgehead atoms. The first-order valence-electron chi connectivity index (χ1n) is 11.8. The number of carbonyl (C=O) groups is 1. The Kier molecular flexibility index (Phi) is 6.91. The third-order valence-corrected chi connectivity index (χ3v) is 7.47. The highest BCUT2D eigenvalue weighted by Gasteiger charge is 2.26. The summed E-state index contributed by atoms with van der Waals surface area (Å²) in [5.41, 5.74) is 6.40. The number of pyridine rings is 1. The molecule has 0 radical (unpaired) electrons. The van der Waals surface area contributed by atoms with E-state index < -0.39 is 5.97 Å². The Bertz CT molecular complexity index is 1370. The quantitative estimate of drug-likeness (QED) is 0.305. The SMILES string of the molecule is CCc1ccc2nc(COc3ccc4c(c3)C(SCCC(=O)O)c3ccccc3CO4)ccc2c1. The van der Waals surface area contributed by atoms with E-state index >= 15 is 0 Å². The molecule has 1 unspecified atom stereocenters. The number of hydrogen-bond donors (Lipinski definition) is 1. The molecular formula is C29H27NO4S. The highest BCUT2D eigenvalue weighted by atomic mass is 32.2. The topological polar surface area (TPSA) is 68.7 Å². The Morgan fingerprint density at radius 3 is 2.83 bits per heavy atom. The van der Waals surface area contributed by atoms with E-state index in [0.717, 1.165) is 51.2 Å². The van der Waals surface area contributed by atoms with Crippen LogP contribution in [0.25, 0.3) is 10.9 Å². The van der Waals surface area contributed by atoms with Crippen LogP contribution in [0.3, 0.4) is 0 Å². The summed E-state index contributed by atoms with van der Waals surface area (Å²) in [4.78, 5) is 15.9. The fourth-order valence-electron chi connectivity index (χ4n) is 4.32. The molecular weight excluding hydrogens is 458 g/mol. The van der Waals surface area contributed by atoms with E-state index in [1.165, 1.54) is 5.56 Å².